The Morgan fingerprint density at radius 3 is 2.32 bits per heavy atom. The minimum atomic E-state index is -0.378. The van der Waals surface area contributed by atoms with Crippen LogP contribution >= 0.6 is 0 Å². The van der Waals surface area contributed by atoms with Crippen molar-refractivity contribution in [3.8, 4) is 6.07 Å². The van der Waals surface area contributed by atoms with Crippen LogP contribution in [-0.4, -0.2) is 48.6 Å². The van der Waals surface area contributed by atoms with Gasteiger partial charge >= 0.3 is 0 Å². The number of allylic oxidation sites excluding steroid dienone is 3. The molecule has 182 valence electrons. The highest BCUT2D eigenvalue weighted by molar-refractivity contribution is 6.03. The molecule has 1 aliphatic heterocycles. The molecule has 1 heterocycles. The molecular weight excluding hydrogens is 433 g/mol. The lowest BCUT2D eigenvalue weighted by Crippen LogP contribution is -2.55. The maximum absolute atomic E-state index is 13.2. The van der Waals surface area contributed by atoms with Gasteiger partial charge in [0, 0.05) is 24.1 Å². The first-order valence-corrected chi connectivity index (χ1v) is 11.3. The van der Waals surface area contributed by atoms with Gasteiger partial charge < -0.3 is 10.2 Å². The van der Waals surface area contributed by atoms with Gasteiger partial charge in [-0.2, -0.15) is 5.26 Å². The summed E-state index contributed by atoms with van der Waals surface area (Å²) < 4.78 is 13.2. The number of benzene rings is 1. The normalized spacial score (nSPS) is 15.1. The van der Waals surface area contributed by atoms with Gasteiger partial charge in [-0.15, -0.1) is 0 Å². The van der Waals surface area contributed by atoms with Crippen molar-refractivity contribution in [3.63, 3.8) is 0 Å². The van der Waals surface area contributed by atoms with Crippen LogP contribution in [-0.2, 0) is 9.59 Å². The van der Waals surface area contributed by atoms with E-state index in [-0.39, 0.29) is 37.3 Å². The second-order valence-electron chi connectivity index (χ2n) is 7.81. The second kappa shape index (κ2) is 14.4. The summed E-state index contributed by atoms with van der Waals surface area (Å²) >= 11 is 0. The third-order valence-electron chi connectivity index (χ3n) is 4.66. The molecule has 0 unspecified atom stereocenters. The Morgan fingerprint density at radius 2 is 1.82 bits per heavy atom. The molecule has 0 aliphatic carbocycles. The summed E-state index contributed by atoms with van der Waals surface area (Å²) in [5.41, 5.74) is 2.21. The fourth-order valence-electron chi connectivity index (χ4n) is 2.91. The Morgan fingerprint density at radius 1 is 1.24 bits per heavy atom. The predicted octanol–water partition coefficient (Wildman–Crippen LogP) is 4.21. The van der Waals surface area contributed by atoms with Crippen molar-refractivity contribution in [2.75, 3.05) is 31.1 Å². The Bertz CT molecular complexity index is 969. The van der Waals surface area contributed by atoms with Gasteiger partial charge in [-0.1, -0.05) is 40.3 Å². The number of carbonyl (C=O) groups is 2. The predicted molar refractivity (Wildman–Crippen MR) is 135 cm³/mol. The van der Waals surface area contributed by atoms with Crippen molar-refractivity contribution in [3.05, 3.63) is 66.3 Å². The van der Waals surface area contributed by atoms with Crippen LogP contribution in [0, 0.1) is 23.1 Å². The Kier molecular flexibility index (Phi) is 12.0. The van der Waals surface area contributed by atoms with E-state index in [2.05, 4.69) is 16.9 Å². The van der Waals surface area contributed by atoms with Gasteiger partial charge in [-0.05, 0) is 48.8 Å². The van der Waals surface area contributed by atoms with E-state index in [4.69, 9.17) is 5.26 Å². The van der Waals surface area contributed by atoms with Gasteiger partial charge in [0.15, 0.2) is 0 Å². The zero-order chi connectivity index (χ0) is 25.7. The van der Waals surface area contributed by atoms with Crippen molar-refractivity contribution in [1.82, 2.24) is 10.2 Å². The number of hydrogen-bond acceptors (Lipinski definition) is 6. The van der Waals surface area contributed by atoms with E-state index < -0.39 is 0 Å². The first-order chi connectivity index (χ1) is 16.2. The average Bonchev–Trinajstić information content (AvgIpc) is 2.83. The van der Waals surface area contributed by atoms with Crippen LogP contribution in [0.3, 0.4) is 0 Å². The number of rotatable bonds is 9. The third kappa shape index (κ3) is 9.02. The highest BCUT2D eigenvalue weighted by Gasteiger charge is 2.31. The number of hydrogen-bond donors (Lipinski definition) is 1. The molecule has 7 nitrogen and oxygen atoms in total. The molecule has 2 amide bonds. The van der Waals surface area contributed by atoms with E-state index >= 15 is 0 Å². The number of piperazine rings is 1. The van der Waals surface area contributed by atoms with Crippen LogP contribution in [0.25, 0.3) is 0 Å². The summed E-state index contributed by atoms with van der Waals surface area (Å²) in [6, 6.07) is 7.64. The molecule has 0 spiro atoms. The topological polar surface area (TPSA) is 88.8 Å². The quantitative estimate of drug-likeness (QED) is 0.334. The van der Waals surface area contributed by atoms with E-state index in [1.807, 2.05) is 33.8 Å². The highest BCUT2D eigenvalue weighted by Crippen LogP contribution is 2.19. The van der Waals surface area contributed by atoms with Crippen molar-refractivity contribution >= 4 is 23.2 Å². The first-order valence-electron chi connectivity index (χ1n) is 11.3. The standard InChI is InChI=1S/C24H28FN5O2.C2H6/c1-5-19(13-27-18(4)11-26)10-21(28-12-17(2)3)14-30-23(31)15-29(16-24(30)32)22-8-6-20(25)7-9-22;1-2/h5-10,13,17,28H,1,12,14-16H2,2-4H3;1-2H3/b19-13+,21-10-,27-18?;. The molecule has 0 bridgehead atoms. The number of nitrogens with one attached hydrogen (secondary N) is 1. The minimum absolute atomic E-state index is 0.0185. The van der Waals surface area contributed by atoms with E-state index in [0.29, 0.717) is 35.1 Å². The number of carbonyl (C=O) groups excluding carboxylic acids is 2. The van der Waals surface area contributed by atoms with Crippen molar-refractivity contribution < 1.29 is 14.0 Å². The zero-order valence-electron chi connectivity index (χ0n) is 20.6. The molecule has 1 aromatic rings. The lowest BCUT2D eigenvalue weighted by atomic mass is 10.1. The molecule has 1 saturated heterocycles. The van der Waals surface area contributed by atoms with Gasteiger partial charge in [0.25, 0.3) is 0 Å². The molecule has 34 heavy (non-hydrogen) atoms. The van der Waals surface area contributed by atoms with Crippen LogP contribution in [0.15, 0.2) is 65.5 Å². The van der Waals surface area contributed by atoms with Gasteiger partial charge in [-0.3, -0.25) is 14.5 Å². The number of amides is 2. The number of nitrogens with zero attached hydrogens (tertiary/aromatic N) is 4. The van der Waals surface area contributed by atoms with Gasteiger partial charge in [0.2, 0.25) is 11.8 Å². The second-order valence-corrected chi connectivity index (χ2v) is 7.81. The fourth-order valence-corrected chi connectivity index (χ4v) is 2.91. The summed E-state index contributed by atoms with van der Waals surface area (Å²) in [4.78, 5) is 32.5. The molecule has 8 heteroatoms. The Labute approximate surface area is 202 Å². The van der Waals surface area contributed by atoms with E-state index in [1.54, 1.807) is 36.1 Å². The van der Waals surface area contributed by atoms with Crippen molar-refractivity contribution in [1.29, 1.82) is 5.26 Å². The van der Waals surface area contributed by atoms with Crippen molar-refractivity contribution in [2.45, 2.75) is 34.6 Å². The van der Waals surface area contributed by atoms with Crippen LogP contribution in [0.5, 0.6) is 0 Å². The molecule has 0 radical (unpaired) electrons. The molecule has 0 saturated carbocycles. The maximum Gasteiger partial charge on any atom is 0.249 e. The number of anilines is 1. The molecule has 0 aromatic heterocycles. The van der Waals surface area contributed by atoms with Gasteiger partial charge in [-0.25, -0.2) is 9.38 Å². The number of halogens is 1. The average molecular weight is 468 g/mol. The summed E-state index contributed by atoms with van der Waals surface area (Å²) in [6.45, 7) is 14.2. The van der Waals surface area contributed by atoms with E-state index in [9.17, 15) is 14.0 Å². The number of imide groups is 1. The number of aliphatic imine (C=N–C) groups is 1. The van der Waals surface area contributed by atoms with Crippen LogP contribution < -0.4 is 10.2 Å². The summed E-state index contributed by atoms with van der Waals surface area (Å²) in [6.07, 6.45) is 4.86. The summed E-state index contributed by atoms with van der Waals surface area (Å²) in [5, 5.41) is 12.2. The van der Waals surface area contributed by atoms with Crippen LogP contribution in [0.4, 0.5) is 10.1 Å². The van der Waals surface area contributed by atoms with E-state index in [0.717, 1.165) is 0 Å². The molecule has 1 aromatic carbocycles. The Hall–Kier alpha value is -3.73. The van der Waals surface area contributed by atoms with E-state index in [1.165, 1.54) is 23.2 Å². The third-order valence-corrected chi connectivity index (χ3v) is 4.66. The highest BCUT2D eigenvalue weighted by atomic mass is 19.1. The Balaban J connectivity index is 0.00000281. The first kappa shape index (κ1) is 28.3. The van der Waals surface area contributed by atoms with Gasteiger partial charge in [0.1, 0.15) is 17.6 Å². The maximum atomic E-state index is 13.2. The lowest BCUT2D eigenvalue weighted by molar-refractivity contribution is -0.144. The molecular formula is C26H34FN5O2. The molecule has 1 aliphatic rings. The lowest BCUT2D eigenvalue weighted by Gasteiger charge is -2.34. The molecule has 1 fully saturated rings. The van der Waals surface area contributed by atoms with Crippen molar-refractivity contribution in [2.24, 2.45) is 10.9 Å². The smallest absolute Gasteiger partial charge is 0.249 e. The zero-order valence-corrected chi connectivity index (χ0v) is 20.6. The monoisotopic (exact) mass is 467 g/mol. The largest absolute Gasteiger partial charge is 0.387 e. The fraction of sp³-hybridized carbons (Fsp3) is 0.385. The van der Waals surface area contributed by atoms with Crippen LogP contribution in [0.1, 0.15) is 34.6 Å². The summed E-state index contributed by atoms with van der Waals surface area (Å²) in [7, 11) is 0. The molecule has 0 atom stereocenters. The van der Waals surface area contributed by atoms with Crippen LogP contribution in [0.2, 0.25) is 0 Å². The van der Waals surface area contributed by atoms with Gasteiger partial charge in [0.05, 0.1) is 19.6 Å². The molecule has 1 N–H and O–H groups in total. The SMILES string of the molecule is C=CC(/C=C(/CN1C(=O)CN(c2ccc(F)cc2)CC1=O)NCC(C)C)=C\N=C(C)C#N.CC. The minimum Gasteiger partial charge on any atom is -0.387 e. The molecule has 2 rings (SSSR count). The number of nitriles is 1. The summed E-state index contributed by atoms with van der Waals surface area (Å²) in [5.74, 6) is -0.720.